The monoisotopic (exact) mass is 323 g/mol. The van der Waals surface area contributed by atoms with Crippen molar-refractivity contribution in [2.75, 3.05) is 29.9 Å². The number of nitrogens with zero attached hydrogens (tertiary/aromatic N) is 2. The van der Waals surface area contributed by atoms with E-state index in [1.807, 2.05) is 30.3 Å². The zero-order valence-electron chi connectivity index (χ0n) is 14.0. The van der Waals surface area contributed by atoms with Crippen LogP contribution < -0.4 is 15.0 Å². The number of nitrogens with one attached hydrogen (secondary N) is 1. The molecule has 0 spiro atoms. The molecule has 0 radical (unpaired) electrons. The molecule has 0 saturated carbocycles. The molecule has 0 unspecified atom stereocenters. The normalized spacial score (nSPS) is 9.88. The number of benzene rings is 2. The molecule has 0 aliphatic rings. The number of amides is 1. The fraction of sp³-hybridized carbons (Fsp3) is 0.263. The molecule has 0 heterocycles. The highest BCUT2D eigenvalue weighted by atomic mass is 16.5. The highest BCUT2D eigenvalue weighted by Crippen LogP contribution is 2.18. The fourth-order valence-electron chi connectivity index (χ4n) is 2.37. The standard InChI is InChI=1S/C19H21N3O2/c1-3-22(4-2)17-11-9-16(10-12-17)21-19(23)14-24-18-8-6-5-7-15(18)13-20/h5-12H,3-4,14H2,1-2H3,(H,21,23). The molecule has 0 bridgehead atoms. The summed E-state index contributed by atoms with van der Waals surface area (Å²) in [5, 5.41) is 11.8. The molecule has 1 N–H and O–H groups in total. The first-order valence-corrected chi connectivity index (χ1v) is 7.94. The molecule has 0 aromatic heterocycles. The van der Waals surface area contributed by atoms with Gasteiger partial charge in [-0.25, -0.2) is 0 Å². The van der Waals surface area contributed by atoms with Crippen LogP contribution in [0.4, 0.5) is 11.4 Å². The van der Waals surface area contributed by atoms with Gasteiger partial charge in [0.05, 0.1) is 5.56 Å². The molecule has 2 rings (SSSR count). The number of carbonyl (C=O) groups excluding carboxylic acids is 1. The van der Waals surface area contributed by atoms with Crippen molar-refractivity contribution < 1.29 is 9.53 Å². The maximum atomic E-state index is 12.0. The van der Waals surface area contributed by atoms with Crippen LogP contribution in [-0.4, -0.2) is 25.6 Å². The Labute approximate surface area is 142 Å². The summed E-state index contributed by atoms with van der Waals surface area (Å²) in [4.78, 5) is 14.2. The number of para-hydroxylation sites is 1. The summed E-state index contributed by atoms with van der Waals surface area (Å²) < 4.78 is 5.42. The van der Waals surface area contributed by atoms with E-state index in [0.29, 0.717) is 17.0 Å². The number of hydrogen-bond donors (Lipinski definition) is 1. The van der Waals surface area contributed by atoms with Crippen molar-refractivity contribution in [3.05, 3.63) is 54.1 Å². The molecule has 2 aromatic rings. The average molecular weight is 323 g/mol. The number of carbonyl (C=O) groups is 1. The fourth-order valence-corrected chi connectivity index (χ4v) is 2.37. The molecular weight excluding hydrogens is 302 g/mol. The summed E-state index contributed by atoms with van der Waals surface area (Å²) in [6, 6.07) is 16.6. The Kier molecular flexibility index (Phi) is 6.21. The molecule has 0 atom stereocenters. The van der Waals surface area contributed by atoms with Crippen molar-refractivity contribution in [1.82, 2.24) is 0 Å². The number of rotatable bonds is 7. The average Bonchev–Trinajstić information content (AvgIpc) is 2.62. The second kappa shape index (κ2) is 8.59. The first kappa shape index (κ1) is 17.4. The summed E-state index contributed by atoms with van der Waals surface area (Å²) in [7, 11) is 0. The molecule has 0 aliphatic carbocycles. The van der Waals surface area contributed by atoms with Gasteiger partial charge in [-0.3, -0.25) is 4.79 Å². The van der Waals surface area contributed by atoms with Crippen LogP contribution in [0, 0.1) is 11.3 Å². The van der Waals surface area contributed by atoms with Crippen LogP contribution in [0.25, 0.3) is 0 Å². The molecule has 1 amide bonds. The predicted octanol–water partition coefficient (Wildman–Crippen LogP) is 3.42. The van der Waals surface area contributed by atoms with Crippen LogP contribution in [0.3, 0.4) is 0 Å². The molecule has 5 nitrogen and oxygen atoms in total. The number of anilines is 2. The van der Waals surface area contributed by atoms with Crippen molar-refractivity contribution in [1.29, 1.82) is 5.26 Å². The van der Waals surface area contributed by atoms with Crippen molar-refractivity contribution in [2.45, 2.75) is 13.8 Å². The lowest BCUT2D eigenvalue weighted by molar-refractivity contribution is -0.118. The smallest absolute Gasteiger partial charge is 0.262 e. The van der Waals surface area contributed by atoms with Crippen molar-refractivity contribution in [3.63, 3.8) is 0 Å². The minimum atomic E-state index is -0.265. The molecule has 24 heavy (non-hydrogen) atoms. The van der Waals surface area contributed by atoms with E-state index in [0.717, 1.165) is 18.8 Å². The summed E-state index contributed by atoms with van der Waals surface area (Å²) in [6.45, 7) is 5.95. The van der Waals surface area contributed by atoms with Gasteiger partial charge >= 0.3 is 0 Å². The topological polar surface area (TPSA) is 65.4 Å². The first-order chi connectivity index (χ1) is 11.7. The van der Waals surface area contributed by atoms with Crippen LogP contribution in [0.1, 0.15) is 19.4 Å². The lowest BCUT2D eigenvalue weighted by Crippen LogP contribution is -2.22. The van der Waals surface area contributed by atoms with E-state index in [1.54, 1.807) is 24.3 Å². The molecule has 0 aliphatic heterocycles. The first-order valence-electron chi connectivity index (χ1n) is 7.94. The Balaban J connectivity index is 1.92. The third-order valence-electron chi connectivity index (χ3n) is 3.65. The maximum absolute atomic E-state index is 12.0. The van der Waals surface area contributed by atoms with Gasteiger partial charge in [0.2, 0.25) is 0 Å². The van der Waals surface area contributed by atoms with Crippen LogP contribution in [0.15, 0.2) is 48.5 Å². The number of ether oxygens (including phenoxy) is 1. The van der Waals surface area contributed by atoms with E-state index < -0.39 is 0 Å². The molecule has 0 saturated heterocycles. The van der Waals surface area contributed by atoms with Gasteiger partial charge < -0.3 is 15.0 Å². The molecular formula is C19H21N3O2. The Bertz CT molecular complexity index is 716. The molecule has 5 heteroatoms. The second-order valence-electron chi connectivity index (χ2n) is 5.16. The largest absolute Gasteiger partial charge is 0.482 e. The van der Waals surface area contributed by atoms with Gasteiger partial charge in [0, 0.05) is 24.5 Å². The quantitative estimate of drug-likeness (QED) is 0.848. The van der Waals surface area contributed by atoms with Crippen LogP contribution in [0.5, 0.6) is 5.75 Å². The van der Waals surface area contributed by atoms with E-state index in [4.69, 9.17) is 10.00 Å². The lowest BCUT2D eigenvalue weighted by Gasteiger charge is -2.21. The maximum Gasteiger partial charge on any atom is 0.262 e. The van der Waals surface area contributed by atoms with Crippen molar-refractivity contribution >= 4 is 17.3 Å². The van der Waals surface area contributed by atoms with Gasteiger partial charge in [-0.2, -0.15) is 5.26 Å². The van der Waals surface area contributed by atoms with Gasteiger partial charge in [-0.1, -0.05) is 12.1 Å². The zero-order valence-corrected chi connectivity index (χ0v) is 14.0. The highest BCUT2D eigenvalue weighted by Gasteiger charge is 2.07. The van der Waals surface area contributed by atoms with E-state index in [1.165, 1.54) is 0 Å². The summed E-state index contributed by atoms with van der Waals surface area (Å²) in [5.74, 6) is 0.144. The minimum Gasteiger partial charge on any atom is -0.482 e. The number of nitriles is 1. The van der Waals surface area contributed by atoms with Gasteiger partial charge in [0.1, 0.15) is 11.8 Å². The van der Waals surface area contributed by atoms with Crippen molar-refractivity contribution in [2.24, 2.45) is 0 Å². The third kappa shape index (κ3) is 4.50. The second-order valence-corrected chi connectivity index (χ2v) is 5.16. The van der Waals surface area contributed by atoms with Crippen LogP contribution >= 0.6 is 0 Å². The van der Waals surface area contributed by atoms with E-state index in [9.17, 15) is 4.79 Å². The lowest BCUT2D eigenvalue weighted by atomic mass is 10.2. The Hall–Kier alpha value is -3.00. The minimum absolute atomic E-state index is 0.142. The van der Waals surface area contributed by atoms with Gasteiger partial charge in [-0.15, -0.1) is 0 Å². The summed E-state index contributed by atoms with van der Waals surface area (Å²) in [5.41, 5.74) is 2.25. The van der Waals surface area contributed by atoms with Crippen LogP contribution in [-0.2, 0) is 4.79 Å². The van der Waals surface area contributed by atoms with Gasteiger partial charge in [-0.05, 0) is 50.2 Å². The zero-order chi connectivity index (χ0) is 17.4. The van der Waals surface area contributed by atoms with E-state index in [2.05, 4.69) is 24.1 Å². The molecule has 2 aromatic carbocycles. The van der Waals surface area contributed by atoms with E-state index >= 15 is 0 Å². The van der Waals surface area contributed by atoms with Gasteiger partial charge in [0.15, 0.2) is 6.61 Å². The Morgan fingerprint density at radius 1 is 1.12 bits per heavy atom. The summed E-state index contributed by atoms with van der Waals surface area (Å²) >= 11 is 0. The predicted molar refractivity (Wildman–Crippen MR) is 95.3 cm³/mol. The third-order valence-corrected chi connectivity index (χ3v) is 3.65. The van der Waals surface area contributed by atoms with E-state index in [-0.39, 0.29) is 12.5 Å². The molecule has 124 valence electrons. The van der Waals surface area contributed by atoms with Crippen LogP contribution in [0.2, 0.25) is 0 Å². The molecule has 0 fully saturated rings. The highest BCUT2D eigenvalue weighted by molar-refractivity contribution is 5.92. The summed E-state index contributed by atoms with van der Waals surface area (Å²) in [6.07, 6.45) is 0. The number of hydrogen-bond acceptors (Lipinski definition) is 4. The Morgan fingerprint density at radius 3 is 2.42 bits per heavy atom. The SMILES string of the molecule is CCN(CC)c1ccc(NC(=O)COc2ccccc2C#N)cc1. The van der Waals surface area contributed by atoms with Crippen molar-refractivity contribution in [3.8, 4) is 11.8 Å². The van der Waals surface area contributed by atoms with Gasteiger partial charge in [0.25, 0.3) is 5.91 Å². The Morgan fingerprint density at radius 2 is 1.79 bits per heavy atom.